The van der Waals surface area contributed by atoms with Gasteiger partial charge < -0.3 is 5.32 Å². The summed E-state index contributed by atoms with van der Waals surface area (Å²) in [5, 5.41) is 6.87. The topological polar surface area (TPSA) is 59.3 Å². The molecule has 0 bridgehead atoms. The quantitative estimate of drug-likeness (QED) is 0.860. The SMILES string of the molecule is Cc1c(C=C2SC(=O)NC2=Nc2cccc(Br)c2)cnn1C. The van der Waals surface area contributed by atoms with Gasteiger partial charge in [0.15, 0.2) is 0 Å². The summed E-state index contributed by atoms with van der Waals surface area (Å²) in [5.74, 6) is 0.566. The van der Waals surface area contributed by atoms with Crippen molar-refractivity contribution in [2.75, 3.05) is 0 Å². The van der Waals surface area contributed by atoms with Crippen molar-refractivity contribution in [3.63, 3.8) is 0 Å². The minimum Gasteiger partial charge on any atom is -0.300 e. The molecule has 0 spiro atoms. The molecule has 0 unspecified atom stereocenters. The van der Waals surface area contributed by atoms with Crippen LogP contribution in [0.4, 0.5) is 10.5 Å². The maximum absolute atomic E-state index is 11.7. The number of carbonyl (C=O) groups is 1. The summed E-state index contributed by atoms with van der Waals surface area (Å²) in [4.78, 5) is 17.0. The number of benzene rings is 1. The molecule has 1 aromatic carbocycles. The first kappa shape index (κ1) is 15.1. The molecule has 1 aromatic heterocycles. The van der Waals surface area contributed by atoms with Crippen LogP contribution in [0.15, 0.2) is 44.8 Å². The van der Waals surface area contributed by atoms with Crippen LogP contribution >= 0.6 is 27.7 Å². The van der Waals surface area contributed by atoms with Gasteiger partial charge in [0.1, 0.15) is 5.84 Å². The molecule has 1 saturated heterocycles. The van der Waals surface area contributed by atoms with Crippen LogP contribution < -0.4 is 5.32 Å². The standard InChI is InChI=1S/C15H13BrN4OS/c1-9-10(8-17-20(9)2)6-13-14(19-15(21)22-13)18-12-5-3-4-11(16)7-12/h3-8H,1-2H3,(H,18,19,21). The number of aromatic nitrogens is 2. The maximum Gasteiger partial charge on any atom is 0.289 e. The van der Waals surface area contributed by atoms with E-state index in [0.717, 1.165) is 38.1 Å². The van der Waals surface area contributed by atoms with E-state index in [9.17, 15) is 4.79 Å². The number of amidine groups is 1. The highest BCUT2D eigenvalue weighted by atomic mass is 79.9. The summed E-state index contributed by atoms with van der Waals surface area (Å²) in [6.45, 7) is 1.99. The lowest BCUT2D eigenvalue weighted by Crippen LogP contribution is -2.18. The fourth-order valence-electron chi connectivity index (χ4n) is 1.99. The van der Waals surface area contributed by atoms with Gasteiger partial charge >= 0.3 is 0 Å². The number of aryl methyl sites for hydroxylation is 1. The monoisotopic (exact) mass is 376 g/mol. The summed E-state index contributed by atoms with van der Waals surface area (Å²) in [6, 6.07) is 7.62. The number of hydrogen-bond donors (Lipinski definition) is 1. The van der Waals surface area contributed by atoms with Gasteiger partial charge in [0.2, 0.25) is 0 Å². The first-order valence-corrected chi connectivity index (χ1v) is 8.17. The van der Waals surface area contributed by atoms with Crippen molar-refractivity contribution in [1.29, 1.82) is 0 Å². The minimum absolute atomic E-state index is 0.124. The minimum atomic E-state index is -0.124. The number of carbonyl (C=O) groups excluding carboxylic acids is 1. The number of thioether (sulfide) groups is 1. The Hall–Kier alpha value is -1.86. The van der Waals surface area contributed by atoms with Gasteiger partial charge in [0.25, 0.3) is 5.24 Å². The molecule has 1 N–H and O–H groups in total. The molecule has 5 nitrogen and oxygen atoms in total. The van der Waals surface area contributed by atoms with E-state index < -0.39 is 0 Å². The molecule has 3 rings (SSSR count). The summed E-state index contributed by atoms with van der Waals surface area (Å²) >= 11 is 4.56. The van der Waals surface area contributed by atoms with E-state index in [1.807, 2.05) is 44.3 Å². The maximum atomic E-state index is 11.7. The summed E-state index contributed by atoms with van der Waals surface area (Å²) in [5.41, 5.74) is 2.79. The van der Waals surface area contributed by atoms with Crippen LogP contribution in [0.3, 0.4) is 0 Å². The van der Waals surface area contributed by atoms with E-state index in [0.29, 0.717) is 5.84 Å². The third kappa shape index (κ3) is 3.15. The Labute approximate surface area is 140 Å². The van der Waals surface area contributed by atoms with Gasteiger partial charge in [-0.25, -0.2) is 4.99 Å². The van der Waals surface area contributed by atoms with E-state index in [4.69, 9.17) is 0 Å². The fourth-order valence-corrected chi connectivity index (χ4v) is 3.10. The predicted molar refractivity (Wildman–Crippen MR) is 93.3 cm³/mol. The molecule has 0 aliphatic carbocycles. The largest absolute Gasteiger partial charge is 0.300 e. The number of halogens is 1. The second-order valence-corrected chi connectivity index (χ2v) is 6.70. The van der Waals surface area contributed by atoms with Crippen LogP contribution in [0.5, 0.6) is 0 Å². The Bertz CT molecular complexity index is 810. The Morgan fingerprint density at radius 1 is 1.45 bits per heavy atom. The van der Waals surface area contributed by atoms with Gasteiger partial charge in [-0.15, -0.1) is 0 Å². The van der Waals surface area contributed by atoms with Crippen LogP contribution in [-0.2, 0) is 7.05 Å². The Morgan fingerprint density at radius 3 is 2.95 bits per heavy atom. The summed E-state index contributed by atoms with van der Waals surface area (Å²) < 4.78 is 2.74. The van der Waals surface area contributed by atoms with Crippen LogP contribution in [0, 0.1) is 6.92 Å². The van der Waals surface area contributed by atoms with Gasteiger partial charge in [-0.3, -0.25) is 9.48 Å². The van der Waals surface area contributed by atoms with Gasteiger partial charge in [-0.2, -0.15) is 5.10 Å². The van der Waals surface area contributed by atoms with Gasteiger partial charge in [0, 0.05) is 22.8 Å². The number of nitrogens with zero attached hydrogens (tertiary/aromatic N) is 3. The van der Waals surface area contributed by atoms with Crippen LogP contribution in [-0.4, -0.2) is 20.9 Å². The number of nitrogens with one attached hydrogen (secondary N) is 1. The Morgan fingerprint density at radius 2 is 2.27 bits per heavy atom. The molecule has 112 valence electrons. The van der Waals surface area contributed by atoms with Crippen LogP contribution in [0.2, 0.25) is 0 Å². The van der Waals surface area contributed by atoms with Gasteiger partial charge in [-0.05, 0) is 43.0 Å². The van der Waals surface area contributed by atoms with Crippen molar-refractivity contribution in [2.45, 2.75) is 6.92 Å². The molecule has 7 heteroatoms. The average molecular weight is 377 g/mol. The first-order chi connectivity index (χ1) is 10.5. The molecule has 22 heavy (non-hydrogen) atoms. The van der Waals surface area contributed by atoms with E-state index >= 15 is 0 Å². The Balaban J connectivity index is 1.99. The van der Waals surface area contributed by atoms with Crippen LogP contribution in [0.25, 0.3) is 6.08 Å². The lowest BCUT2D eigenvalue weighted by Gasteiger charge is -2.00. The van der Waals surface area contributed by atoms with E-state index in [1.165, 1.54) is 0 Å². The van der Waals surface area contributed by atoms with E-state index in [1.54, 1.807) is 10.9 Å². The molecular formula is C15H13BrN4OS. The van der Waals surface area contributed by atoms with E-state index in [-0.39, 0.29) is 5.24 Å². The van der Waals surface area contributed by atoms with Gasteiger partial charge in [0.05, 0.1) is 16.8 Å². The van der Waals surface area contributed by atoms with Crippen molar-refractivity contribution < 1.29 is 4.79 Å². The third-order valence-corrected chi connectivity index (χ3v) is 4.58. The average Bonchev–Trinajstić information content (AvgIpc) is 2.96. The van der Waals surface area contributed by atoms with Crippen molar-refractivity contribution in [3.05, 3.63) is 51.1 Å². The van der Waals surface area contributed by atoms with Crippen LogP contribution in [0.1, 0.15) is 11.3 Å². The zero-order valence-corrected chi connectivity index (χ0v) is 14.4. The normalized spacial score (nSPS) is 18.2. The van der Waals surface area contributed by atoms with Crippen molar-refractivity contribution in [1.82, 2.24) is 15.1 Å². The third-order valence-electron chi connectivity index (χ3n) is 3.27. The molecule has 1 fully saturated rings. The number of amides is 1. The van der Waals surface area contributed by atoms with Crippen molar-refractivity contribution >= 4 is 50.5 Å². The van der Waals surface area contributed by atoms with Crippen molar-refractivity contribution in [2.24, 2.45) is 12.0 Å². The lowest BCUT2D eigenvalue weighted by molar-refractivity contribution is 0.265. The highest BCUT2D eigenvalue weighted by Gasteiger charge is 2.24. The molecule has 1 amide bonds. The zero-order chi connectivity index (χ0) is 15.7. The molecule has 1 aliphatic rings. The molecular weight excluding hydrogens is 364 g/mol. The molecule has 1 aliphatic heterocycles. The highest BCUT2D eigenvalue weighted by Crippen LogP contribution is 2.29. The zero-order valence-electron chi connectivity index (χ0n) is 12.0. The summed E-state index contributed by atoms with van der Waals surface area (Å²) in [6.07, 6.45) is 3.71. The molecule has 0 atom stereocenters. The summed E-state index contributed by atoms with van der Waals surface area (Å²) in [7, 11) is 1.89. The van der Waals surface area contributed by atoms with E-state index in [2.05, 4.69) is 31.3 Å². The molecule has 0 radical (unpaired) electrons. The number of hydrogen-bond acceptors (Lipinski definition) is 4. The fraction of sp³-hybridized carbons (Fsp3) is 0.133. The number of aliphatic imine (C=N–C) groups is 1. The second-order valence-electron chi connectivity index (χ2n) is 4.77. The highest BCUT2D eigenvalue weighted by molar-refractivity contribution is 9.10. The molecule has 0 saturated carbocycles. The van der Waals surface area contributed by atoms with Crippen molar-refractivity contribution in [3.8, 4) is 0 Å². The number of rotatable bonds is 2. The lowest BCUT2D eigenvalue weighted by atomic mass is 10.2. The second kappa shape index (κ2) is 6.10. The molecule has 2 heterocycles. The first-order valence-electron chi connectivity index (χ1n) is 6.56. The molecule has 2 aromatic rings. The van der Waals surface area contributed by atoms with Gasteiger partial charge in [-0.1, -0.05) is 22.0 Å². The Kier molecular flexibility index (Phi) is 4.17. The smallest absolute Gasteiger partial charge is 0.289 e. The predicted octanol–water partition coefficient (Wildman–Crippen LogP) is 4.02.